The van der Waals surface area contributed by atoms with Crippen molar-refractivity contribution in [3.8, 4) is 6.07 Å². The van der Waals surface area contributed by atoms with Gasteiger partial charge in [-0.3, -0.25) is 4.79 Å². The molecule has 6 heteroatoms. The minimum Gasteiger partial charge on any atom is -0.345 e. The van der Waals surface area contributed by atoms with Crippen LogP contribution < -0.4 is 0 Å². The van der Waals surface area contributed by atoms with Gasteiger partial charge in [0.15, 0.2) is 0 Å². The van der Waals surface area contributed by atoms with Gasteiger partial charge in [0.2, 0.25) is 6.41 Å². The van der Waals surface area contributed by atoms with Crippen LogP contribution in [0.25, 0.3) is 0 Å². The van der Waals surface area contributed by atoms with Crippen LogP contribution in [0, 0.1) is 30.1 Å². The van der Waals surface area contributed by atoms with Crippen LogP contribution in [0.5, 0.6) is 0 Å². The second-order valence-corrected chi connectivity index (χ2v) is 10.7. The quantitative estimate of drug-likeness (QED) is 0.358. The summed E-state index contributed by atoms with van der Waals surface area (Å²) in [6, 6.07) is 12.9. The Kier molecular flexibility index (Phi) is 15.8. The molecule has 35 heavy (non-hydrogen) atoms. The molecular weight excluding hydrogens is 499 g/mol. The van der Waals surface area contributed by atoms with Gasteiger partial charge in [0.1, 0.15) is 6.07 Å². The van der Waals surface area contributed by atoms with E-state index in [1.807, 2.05) is 36.1 Å². The lowest BCUT2D eigenvalue weighted by Crippen LogP contribution is -2.17. The van der Waals surface area contributed by atoms with Gasteiger partial charge in [0.05, 0.1) is 10.6 Å². The van der Waals surface area contributed by atoms with Gasteiger partial charge in [-0.25, -0.2) is 0 Å². The van der Waals surface area contributed by atoms with Gasteiger partial charge in [-0.05, 0) is 73.1 Å². The average Bonchev–Trinajstić information content (AvgIpc) is 3.28. The Balaban J connectivity index is 0.000000236. The van der Waals surface area contributed by atoms with Crippen LogP contribution in [-0.2, 0) is 11.2 Å². The number of nitriles is 1. The third kappa shape index (κ3) is 13.2. The Morgan fingerprint density at radius 2 is 1.66 bits per heavy atom. The van der Waals surface area contributed by atoms with Crippen molar-refractivity contribution in [3.63, 3.8) is 0 Å². The van der Waals surface area contributed by atoms with Crippen LogP contribution >= 0.6 is 34.8 Å². The Morgan fingerprint density at radius 1 is 0.971 bits per heavy atom. The Morgan fingerprint density at radius 3 is 2.06 bits per heavy atom. The van der Waals surface area contributed by atoms with Crippen LogP contribution in [-0.4, -0.2) is 24.4 Å². The zero-order chi connectivity index (χ0) is 26.2. The summed E-state index contributed by atoms with van der Waals surface area (Å²) in [7, 11) is 0. The number of likely N-dealkylation sites (tertiary alicyclic amines) is 1. The lowest BCUT2D eigenvalue weighted by molar-refractivity contribution is -0.117. The lowest BCUT2D eigenvalue weighted by Gasteiger charge is -2.15. The van der Waals surface area contributed by atoms with Gasteiger partial charge in [-0.2, -0.15) is 5.26 Å². The zero-order valence-electron chi connectivity index (χ0n) is 21.5. The summed E-state index contributed by atoms with van der Waals surface area (Å²) in [5, 5.41) is 10.6. The highest BCUT2D eigenvalue weighted by Crippen LogP contribution is 2.22. The Labute approximate surface area is 227 Å². The van der Waals surface area contributed by atoms with Gasteiger partial charge < -0.3 is 4.90 Å². The predicted octanol–water partition coefficient (Wildman–Crippen LogP) is 9.15. The highest BCUT2D eigenvalue weighted by Gasteiger charge is 2.15. The molecule has 1 atom stereocenters. The SMILES string of the molecule is CC1CCCCC1.CC1CCN(C=O)C1.CCc1cc(Cl)ccc1Cl.Cc1ccc(C#N)c(Cl)c1. The van der Waals surface area contributed by atoms with E-state index >= 15 is 0 Å². The topological polar surface area (TPSA) is 44.1 Å². The molecule has 0 bridgehead atoms. The van der Waals surface area contributed by atoms with Gasteiger partial charge >= 0.3 is 0 Å². The van der Waals surface area contributed by atoms with Crippen molar-refractivity contribution < 1.29 is 4.79 Å². The van der Waals surface area contributed by atoms with E-state index in [-0.39, 0.29) is 0 Å². The van der Waals surface area contributed by atoms with Crippen LogP contribution in [0.1, 0.15) is 76.0 Å². The van der Waals surface area contributed by atoms with Gasteiger partial charge in [-0.1, -0.05) is 93.7 Å². The fourth-order valence-electron chi connectivity index (χ4n) is 3.90. The van der Waals surface area contributed by atoms with Gasteiger partial charge in [-0.15, -0.1) is 0 Å². The fourth-order valence-corrected chi connectivity index (χ4v) is 4.62. The van der Waals surface area contributed by atoms with Crippen LogP contribution in [0.3, 0.4) is 0 Å². The number of hydrogen-bond acceptors (Lipinski definition) is 2. The fraction of sp³-hybridized carbons (Fsp3) is 0.517. The molecule has 1 aliphatic carbocycles. The smallest absolute Gasteiger partial charge is 0.209 e. The molecule has 4 rings (SSSR count). The Bertz CT molecular complexity index is 927. The van der Waals surface area contributed by atoms with Crippen molar-refractivity contribution in [2.45, 2.75) is 72.6 Å². The van der Waals surface area contributed by atoms with Crippen LogP contribution in [0.4, 0.5) is 0 Å². The third-order valence-electron chi connectivity index (χ3n) is 6.13. The molecule has 1 aliphatic heterocycles. The number of carbonyl (C=O) groups is 1. The van der Waals surface area contributed by atoms with Crippen molar-refractivity contribution >= 4 is 41.2 Å². The molecule has 2 aromatic carbocycles. The number of rotatable bonds is 2. The number of benzene rings is 2. The standard InChI is InChI=1S/C8H8Cl2.C8H6ClN.C7H14.C6H11NO/c1-2-6-5-7(9)3-4-8(6)10;1-6-2-3-7(5-10)8(9)4-6;1-7-5-3-2-4-6-7;1-6-2-3-7(4-6)5-8/h3-5H,2H2,1H3;2-4H,1H3;7H,2-6H2,1H3;5-6H,2-4H2,1H3. The first kappa shape index (κ1) is 31.3. The van der Waals surface area contributed by atoms with Crippen molar-refractivity contribution in [2.75, 3.05) is 13.1 Å². The summed E-state index contributed by atoms with van der Waals surface area (Å²) in [4.78, 5) is 11.9. The van der Waals surface area contributed by atoms with E-state index in [9.17, 15) is 4.79 Å². The monoisotopic (exact) mass is 536 g/mol. The molecular formula is C29H39Cl3N2O. The second-order valence-electron chi connectivity index (χ2n) is 9.42. The van der Waals surface area contributed by atoms with E-state index in [0.29, 0.717) is 10.6 Å². The van der Waals surface area contributed by atoms with Crippen molar-refractivity contribution in [3.05, 3.63) is 68.2 Å². The first-order valence-electron chi connectivity index (χ1n) is 12.5. The molecule has 2 fully saturated rings. The number of amides is 1. The minimum atomic E-state index is 0.530. The van der Waals surface area contributed by atoms with Crippen molar-refractivity contribution in [2.24, 2.45) is 11.8 Å². The number of nitrogens with zero attached hydrogens (tertiary/aromatic N) is 2. The summed E-state index contributed by atoms with van der Waals surface area (Å²) in [5.74, 6) is 1.76. The number of carbonyl (C=O) groups excluding carboxylic acids is 1. The third-order valence-corrected chi connectivity index (χ3v) is 7.05. The molecule has 0 spiro atoms. The van der Waals surface area contributed by atoms with Crippen LogP contribution in [0.15, 0.2) is 36.4 Å². The lowest BCUT2D eigenvalue weighted by atomic mass is 9.91. The molecule has 1 amide bonds. The summed E-state index contributed by atoms with van der Waals surface area (Å²) < 4.78 is 0. The molecule has 1 saturated carbocycles. The Hall–Kier alpha value is -1.73. The van der Waals surface area contributed by atoms with E-state index in [1.54, 1.807) is 18.2 Å². The number of aryl methyl sites for hydroxylation is 2. The summed E-state index contributed by atoms with van der Waals surface area (Å²) in [6.45, 7) is 10.4. The first-order chi connectivity index (χ1) is 16.7. The van der Waals surface area contributed by atoms with Crippen molar-refractivity contribution in [1.29, 1.82) is 5.26 Å². The van der Waals surface area contributed by atoms with Crippen molar-refractivity contribution in [1.82, 2.24) is 4.90 Å². The number of halogens is 3. The largest absolute Gasteiger partial charge is 0.345 e. The van der Waals surface area contributed by atoms with E-state index in [1.165, 1.54) is 38.5 Å². The van der Waals surface area contributed by atoms with Crippen LogP contribution in [0.2, 0.25) is 15.1 Å². The molecule has 2 aliphatic rings. The maximum atomic E-state index is 10.1. The normalized spacial score (nSPS) is 17.0. The summed E-state index contributed by atoms with van der Waals surface area (Å²) in [6.07, 6.45) is 10.5. The average molecular weight is 538 g/mol. The van der Waals surface area contributed by atoms with Gasteiger partial charge in [0.25, 0.3) is 0 Å². The molecule has 2 aromatic rings. The highest BCUT2D eigenvalue weighted by atomic mass is 35.5. The summed E-state index contributed by atoms with van der Waals surface area (Å²) in [5.41, 5.74) is 2.71. The highest BCUT2D eigenvalue weighted by molar-refractivity contribution is 6.33. The predicted molar refractivity (Wildman–Crippen MR) is 150 cm³/mol. The minimum absolute atomic E-state index is 0.530. The molecule has 3 nitrogen and oxygen atoms in total. The zero-order valence-corrected chi connectivity index (χ0v) is 23.8. The maximum Gasteiger partial charge on any atom is 0.209 e. The summed E-state index contributed by atoms with van der Waals surface area (Å²) >= 11 is 17.3. The molecule has 0 radical (unpaired) electrons. The second kappa shape index (κ2) is 17.7. The maximum absolute atomic E-state index is 10.1. The van der Waals surface area contributed by atoms with E-state index in [2.05, 4.69) is 20.8 Å². The molecule has 1 unspecified atom stereocenters. The molecule has 192 valence electrons. The molecule has 1 saturated heterocycles. The van der Waals surface area contributed by atoms with Gasteiger partial charge in [0, 0.05) is 23.1 Å². The molecule has 1 heterocycles. The molecule has 0 aromatic heterocycles. The first-order valence-corrected chi connectivity index (χ1v) is 13.6. The van der Waals surface area contributed by atoms with E-state index < -0.39 is 0 Å². The van der Waals surface area contributed by atoms with E-state index in [4.69, 9.17) is 40.1 Å². The number of hydrogen-bond donors (Lipinski definition) is 0. The molecule has 0 N–H and O–H groups in total. The van der Waals surface area contributed by atoms with E-state index in [0.717, 1.165) is 58.9 Å².